The normalized spacial score (nSPS) is 12.6. The molecular weight excluding hydrogens is 534 g/mol. The van der Waals surface area contributed by atoms with Gasteiger partial charge in [0.05, 0.1) is 32.8 Å². The molecule has 1 aromatic carbocycles. The number of hydrogen-bond donors (Lipinski definition) is 2. The van der Waals surface area contributed by atoms with Crippen molar-refractivity contribution in [3.05, 3.63) is 33.4 Å². The van der Waals surface area contributed by atoms with E-state index in [4.69, 9.17) is 27.9 Å². The Morgan fingerprint density at radius 1 is 1.23 bits per heavy atom. The standard InChI is InChI=1S/C20H20Cl2F3N5O4S/c1-19(2,3)34-14(31)5-6-27-18(32)28-17-16(35(4)33)13(9-26)29-30(17)15-11(21)7-10(8-12(15)22)20(23,24)25/h7-8H,5-6H2,1-4H3,(H2,27,28,32). The minimum Gasteiger partial charge on any atom is -0.460 e. The van der Waals surface area contributed by atoms with Crippen LogP contribution in [0.3, 0.4) is 0 Å². The molecule has 0 saturated heterocycles. The number of nitrogens with one attached hydrogen (secondary N) is 2. The summed E-state index contributed by atoms with van der Waals surface area (Å²) in [6.07, 6.45) is -3.68. The Kier molecular flexibility index (Phi) is 8.80. The van der Waals surface area contributed by atoms with Crippen LogP contribution in [0.15, 0.2) is 17.0 Å². The number of amides is 2. The van der Waals surface area contributed by atoms with Crippen molar-refractivity contribution in [2.75, 3.05) is 18.1 Å². The van der Waals surface area contributed by atoms with Crippen LogP contribution in [0.4, 0.5) is 23.8 Å². The predicted molar refractivity (Wildman–Crippen MR) is 123 cm³/mol. The average Bonchev–Trinajstić information content (AvgIpc) is 3.03. The molecule has 2 rings (SSSR count). The molecule has 0 saturated carbocycles. The van der Waals surface area contributed by atoms with Crippen molar-refractivity contribution in [2.24, 2.45) is 0 Å². The highest BCUT2D eigenvalue weighted by Gasteiger charge is 2.33. The van der Waals surface area contributed by atoms with Gasteiger partial charge < -0.3 is 10.1 Å². The SMILES string of the molecule is CS(=O)c1c(C#N)nn(-c2c(Cl)cc(C(F)(F)F)cc2Cl)c1NC(=O)NCCC(=O)OC(C)(C)C. The molecule has 0 fully saturated rings. The topological polar surface area (TPSA) is 126 Å². The van der Waals surface area contributed by atoms with E-state index in [-0.39, 0.29) is 35.1 Å². The molecule has 0 spiro atoms. The second-order valence-electron chi connectivity index (χ2n) is 8.01. The number of rotatable bonds is 6. The third-order valence-corrected chi connectivity index (χ3v) is 5.60. The number of carbonyl (C=O) groups excluding carboxylic acids is 2. The third kappa shape index (κ3) is 7.33. The number of hydrogen-bond acceptors (Lipinski definition) is 6. The van der Waals surface area contributed by atoms with Crippen LogP contribution in [0.2, 0.25) is 10.0 Å². The maximum atomic E-state index is 13.1. The monoisotopic (exact) mass is 553 g/mol. The lowest BCUT2D eigenvalue weighted by molar-refractivity contribution is -0.154. The zero-order valence-corrected chi connectivity index (χ0v) is 21.2. The third-order valence-electron chi connectivity index (χ3n) is 4.06. The van der Waals surface area contributed by atoms with E-state index < -0.39 is 50.2 Å². The maximum Gasteiger partial charge on any atom is 0.416 e. The number of urea groups is 1. The summed E-state index contributed by atoms with van der Waals surface area (Å²) in [4.78, 5) is 24.1. The molecule has 35 heavy (non-hydrogen) atoms. The zero-order valence-electron chi connectivity index (χ0n) is 18.8. The van der Waals surface area contributed by atoms with Crippen molar-refractivity contribution in [3.8, 4) is 11.8 Å². The van der Waals surface area contributed by atoms with Crippen LogP contribution < -0.4 is 10.6 Å². The smallest absolute Gasteiger partial charge is 0.416 e. The van der Waals surface area contributed by atoms with E-state index in [2.05, 4.69) is 15.7 Å². The molecule has 1 atom stereocenters. The summed E-state index contributed by atoms with van der Waals surface area (Å²) in [5.41, 5.74) is -2.49. The van der Waals surface area contributed by atoms with Gasteiger partial charge in [-0.3, -0.25) is 14.3 Å². The number of anilines is 1. The van der Waals surface area contributed by atoms with Crippen molar-refractivity contribution in [1.29, 1.82) is 5.26 Å². The van der Waals surface area contributed by atoms with E-state index in [1.807, 2.05) is 0 Å². The number of esters is 1. The molecule has 2 amide bonds. The quantitative estimate of drug-likeness (QED) is 0.501. The van der Waals surface area contributed by atoms with Crippen LogP contribution in [0.25, 0.3) is 5.69 Å². The number of benzene rings is 1. The molecule has 15 heteroatoms. The molecular formula is C20H20Cl2F3N5O4S. The summed E-state index contributed by atoms with van der Waals surface area (Å²) in [6, 6.07) is 2.03. The molecule has 0 bridgehead atoms. The van der Waals surface area contributed by atoms with Gasteiger partial charge in [0.25, 0.3) is 0 Å². The van der Waals surface area contributed by atoms with Crippen LogP contribution >= 0.6 is 23.2 Å². The summed E-state index contributed by atoms with van der Waals surface area (Å²) in [5, 5.41) is 17.1. The number of nitriles is 1. The lowest BCUT2D eigenvalue weighted by Crippen LogP contribution is -2.33. The molecule has 0 aliphatic carbocycles. The molecule has 2 N–H and O–H groups in total. The van der Waals surface area contributed by atoms with Gasteiger partial charge in [-0.2, -0.15) is 23.5 Å². The Morgan fingerprint density at radius 3 is 2.26 bits per heavy atom. The van der Waals surface area contributed by atoms with Gasteiger partial charge in [0.1, 0.15) is 22.3 Å². The number of halogens is 5. The second kappa shape index (κ2) is 10.8. The number of aromatic nitrogens is 2. The fourth-order valence-electron chi connectivity index (χ4n) is 2.77. The summed E-state index contributed by atoms with van der Waals surface area (Å²) in [7, 11) is -1.87. The summed E-state index contributed by atoms with van der Waals surface area (Å²) < 4.78 is 57.6. The first kappa shape index (κ1) is 28.4. The first-order valence-electron chi connectivity index (χ1n) is 9.75. The van der Waals surface area contributed by atoms with Gasteiger partial charge in [-0.1, -0.05) is 23.2 Å². The van der Waals surface area contributed by atoms with E-state index in [0.29, 0.717) is 12.1 Å². The van der Waals surface area contributed by atoms with Gasteiger partial charge >= 0.3 is 18.2 Å². The largest absolute Gasteiger partial charge is 0.460 e. The van der Waals surface area contributed by atoms with Gasteiger partial charge in [0.2, 0.25) is 0 Å². The zero-order chi connectivity index (χ0) is 26.7. The van der Waals surface area contributed by atoms with Crippen LogP contribution in [-0.4, -0.2) is 44.4 Å². The molecule has 1 unspecified atom stereocenters. The van der Waals surface area contributed by atoms with E-state index in [9.17, 15) is 32.2 Å². The van der Waals surface area contributed by atoms with Crippen LogP contribution in [0, 0.1) is 11.3 Å². The number of ether oxygens (including phenoxy) is 1. The molecule has 1 heterocycles. The lowest BCUT2D eigenvalue weighted by Gasteiger charge is -2.19. The Morgan fingerprint density at radius 2 is 1.80 bits per heavy atom. The molecule has 9 nitrogen and oxygen atoms in total. The fraction of sp³-hybridized carbons (Fsp3) is 0.400. The molecule has 1 aromatic heterocycles. The van der Waals surface area contributed by atoms with E-state index in [1.165, 1.54) is 6.26 Å². The second-order valence-corrected chi connectivity index (χ2v) is 10.1. The van der Waals surface area contributed by atoms with Gasteiger partial charge in [-0.05, 0) is 32.9 Å². The van der Waals surface area contributed by atoms with Crippen LogP contribution in [0.1, 0.15) is 38.4 Å². The summed E-state index contributed by atoms with van der Waals surface area (Å²) in [6.45, 7) is 4.92. The van der Waals surface area contributed by atoms with E-state index >= 15 is 0 Å². The number of nitrogens with zero attached hydrogens (tertiary/aromatic N) is 3. The highest BCUT2D eigenvalue weighted by Crippen LogP contribution is 2.39. The molecule has 2 aromatic rings. The van der Waals surface area contributed by atoms with Gasteiger partial charge in [-0.15, -0.1) is 0 Å². The van der Waals surface area contributed by atoms with Gasteiger partial charge in [-0.25, -0.2) is 9.48 Å². The summed E-state index contributed by atoms with van der Waals surface area (Å²) in [5.74, 6) is -0.867. The Hall–Kier alpha value is -2.82. The molecule has 190 valence electrons. The highest BCUT2D eigenvalue weighted by atomic mass is 35.5. The Bertz CT molecular complexity index is 1200. The summed E-state index contributed by atoms with van der Waals surface area (Å²) >= 11 is 12.1. The van der Waals surface area contributed by atoms with Crippen LogP contribution in [0.5, 0.6) is 0 Å². The van der Waals surface area contributed by atoms with Crippen LogP contribution in [-0.2, 0) is 26.5 Å². The highest BCUT2D eigenvalue weighted by molar-refractivity contribution is 7.84. The minimum atomic E-state index is -4.74. The van der Waals surface area contributed by atoms with Crippen molar-refractivity contribution >= 4 is 51.8 Å². The van der Waals surface area contributed by atoms with Crippen molar-refractivity contribution in [2.45, 2.75) is 43.9 Å². The van der Waals surface area contributed by atoms with Gasteiger partial charge in [0.15, 0.2) is 11.5 Å². The Labute approximate surface area is 211 Å². The fourth-order valence-corrected chi connectivity index (χ4v) is 4.19. The predicted octanol–water partition coefficient (Wildman–Crippen LogP) is 4.66. The number of alkyl halides is 3. The van der Waals surface area contributed by atoms with Crippen molar-refractivity contribution in [3.63, 3.8) is 0 Å². The van der Waals surface area contributed by atoms with Gasteiger partial charge in [0, 0.05) is 12.8 Å². The van der Waals surface area contributed by atoms with Crippen molar-refractivity contribution < 1.29 is 31.7 Å². The minimum absolute atomic E-state index is 0.133. The number of carbonyl (C=O) groups is 2. The first-order chi connectivity index (χ1) is 16.0. The van der Waals surface area contributed by atoms with E-state index in [1.54, 1.807) is 26.8 Å². The van der Waals surface area contributed by atoms with E-state index in [0.717, 1.165) is 4.68 Å². The van der Waals surface area contributed by atoms with Crippen molar-refractivity contribution in [1.82, 2.24) is 15.1 Å². The molecule has 0 aliphatic rings. The average molecular weight is 554 g/mol. The first-order valence-corrected chi connectivity index (χ1v) is 12.1. The molecule has 0 aliphatic heterocycles. The Balaban J connectivity index is 2.42. The maximum absolute atomic E-state index is 13.1. The molecule has 0 radical (unpaired) electrons. The lowest BCUT2D eigenvalue weighted by atomic mass is 10.2.